The summed E-state index contributed by atoms with van der Waals surface area (Å²) in [7, 11) is 1.35. The highest BCUT2D eigenvalue weighted by Crippen LogP contribution is 2.36. The first-order chi connectivity index (χ1) is 13.6. The van der Waals surface area contributed by atoms with Crippen molar-refractivity contribution in [3.8, 4) is 11.5 Å². The van der Waals surface area contributed by atoms with E-state index in [4.69, 9.17) is 36.3 Å². The number of nitrogens with zero attached hydrogens (tertiary/aromatic N) is 1. The van der Waals surface area contributed by atoms with Crippen LogP contribution in [0.4, 0.5) is 0 Å². The number of methoxy groups -OCH3 is 1. The molecule has 0 saturated carbocycles. The number of morpholine rings is 1. The predicted octanol–water partition coefficient (Wildman–Crippen LogP) is 1.39. The lowest BCUT2D eigenvalue weighted by atomic mass is 10.2. The molecule has 1 heterocycles. The highest BCUT2D eigenvalue weighted by atomic mass is 35.5. The van der Waals surface area contributed by atoms with E-state index in [9.17, 15) is 14.4 Å². The molecular weight excluding hydrogens is 404 g/mol. The van der Waals surface area contributed by atoms with Gasteiger partial charge in [0.25, 0.3) is 11.8 Å². The van der Waals surface area contributed by atoms with Crippen molar-refractivity contribution in [1.29, 1.82) is 0 Å². The molecule has 0 spiro atoms. The van der Waals surface area contributed by atoms with Gasteiger partial charge in [0, 0.05) is 13.1 Å². The van der Waals surface area contributed by atoms with Crippen molar-refractivity contribution in [2.75, 3.05) is 26.8 Å². The summed E-state index contributed by atoms with van der Waals surface area (Å²) in [6, 6.07) is 2.65. The van der Waals surface area contributed by atoms with Crippen molar-refractivity contribution in [2.24, 2.45) is 5.73 Å². The number of hydrogen-bond acceptors (Lipinski definition) is 7. The second-order valence-corrected chi connectivity index (χ2v) is 7.20. The highest BCUT2D eigenvalue weighted by molar-refractivity contribution is 6.32. The fraction of sp³-hybridized carbons (Fsp3) is 0.526. The van der Waals surface area contributed by atoms with E-state index in [1.54, 1.807) is 4.90 Å². The Morgan fingerprint density at radius 2 is 1.90 bits per heavy atom. The van der Waals surface area contributed by atoms with E-state index in [0.29, 0.717) is 13.1 Å². The zero-order chi connectivity index (χ0) is 21.7. The first-order valence-electron chi connectivity index (χ1n) is 9.06. The molecule has 1 saturated heterocycles. The molecule has 0 radical (unpaired) electrons. The lowest BCUT2D eigenvalue weighted by Crippen LogP contribution is -2.51. The molecule has 3 atom stereocenters. The predicted molar refractivity (Wildman–Crippen MR) is 104 cm³/mol. The lowest BCUT2D eigenvalue weighted by Gasteiger charge is -2.36. The molecule has 2 amide bonds. The molecule has 0 bridgehead atoms. The van der Waals surface area contributed by atoms with Crippen molar-refractivity contribution in [2.45, 2.75) is 39.1 Å². The molecule has 2 N–H and O–H groups in total. The molecule has 9 nitrogen and oxygen atoms in total. The first kappa shape index (κ1) is 22.8. The molecule has 29 heavy (non-hydrogen) atoms. The molecule has 1 aromatic rings. The zero-order valence-electron chi connectivity index (χ0n) is 16.8. The Hall–Kier alpha value is -2.52. The Kier molecular flexibility index (Phi) is 7.69. The second kappa shape index (κ2) is 9.80. The number of halogens is 1. The second-order valence-electron chi connectivity index (χ2n) is 6.79. The van der Waals surface area contributed by atoms with Gasteiger partial charge in [0.15, 0.2) is 24.2 Å². The third-order valence-corrected chi connectivity index (χ3v) is 4.47. The molecule has 1 fully saturated rings. The molecule has 1 aliphatic heterocycles. The third kappa shape index (κ3) is 5.98. The van der Waals surface area contributed by atoms with Crippen LogP contribution in [0.25, 0.3) is 0 Å². The SMILES string of the molecule is COc1cc(C(=O)OC(C)C(=O)N2CC(C)OC(C)C2)cc(Cl)c1OCC(N)=O. The van der Waals surface area contributed by atoms with Crippen LogP contribution >= 0.6 is 11.6 Å². The quantitative estimate of drug-likeness (QED) is 0.652. The van der Waals surface area contributed by atoms with E-state index in [1.807, 2.05) is 13.8 Å². The van der Waals surface area contributed by atoms with Crippen LogP contribution in [0.1, 0.15) is 31.1 Å². The van der Waals surface area contributed by atoms with E-state index >= 15 is 0 Å². The number of nitrogens with two attached hydrogens (primary N) is 1. The Labute approximate surface area is 174 Å². The van der Waals surface area contributed by atoms with Gasteiger partial charge in [-0.2, -0.15) is 0 Å². The van der Waals surface area contributed by atoms with Gasteiger partial charge in [-0.3, -0.25) is 9.59 Å². The van der Waals surface area contributed by atoms with E-state index in [1.165, 1.54) is 26.2 Å². The maximum Gasteiger partial charge on any atom is 0.339 e. The van der Waals surface area contributed by atoms with Crippen LogP contribution in [0, 0.1) is 0 Å². The molecule has 10 heteroatoms. The first-order valence-corrected chi connectivity index (χ1v) is 9.44. The molecule has 1 aliphatic rings. The number of primary amides is 1. The van der Waals surface area contributed by atoms with Crippen molar-refractivity contribution in [3.05, 3.63) is 22.7 Å². The highest BCUT2D eigenvalue weighted by Gasteiger charge is 2.31. The van der Waals surface area contributed by atoms with Crippen LogP contribution < -0.4 is 15.2 Å². The summed E-state index contributed by atoms with van der Waals surface area (Å²) in [5.41, 5.74) is 5.13. The van der Waals surface area contributed by atoms with Crippen molar-refractivity contribution in [3.63, 3.8) is 0 Å². The molecule has 0 aliphatic carbocycles. The lowest BCUT2D eigenvalue weighted by molar-refractivity contribution is -0.151. The Morgan fingerprint density at radius 1 is 1.28 bits per heavy atom. The molecule has 160 valence electrons. The van der Waals surface area contributed by atoms with Crippen molar-refractivity contribution < 1.29 is 33.3 Å². The number of rotatable bonds is 7. The van der Waals surface area contributed by atoms with Crippen molar-refractivity contribution >= 4 is 29.4 Å². The van der Waals surface area contributed by atoms with Gasteiger partial charge in [-0.25, -0.2) is 4.79 Å². The van der Waals surface area contributed by atoms with Crippen LogP contribution in [-0.4, -0.2) is 67.8 Å². The number of esters is 1. The van der Waals surface area contributed by atoms with Crippen LogP contribution in [0.3, 0.4) is 0 Å². The monoisotopic (exact) mass is 428 g/mol. The van der Waals surface area contributed by atoms with Crippen molar-refractivity contribution in [1.82, 2.24) is 4.90 Å². The summed E-state index contributed by atoms with van der Waals surface area (Å²) in [6.07, 6.45) is -1.18. The maximum absolute atomic E-state index is 12.6. The normalized spacial score (nSPS) is 20.0. The van der Waals surface area contributed by atoms with Gasteiger partial charge < -0.3 is 29.6 Å². The van der Waals surface area contributed by atoms with Gasteiger partial charge >= 0.3 is 5.97 Å². The number of amides is 2. The number of carbonyl (C=O) groups is 3. The van der Waals surface area contributed by atoms with Crippen LogP contribution in [0.15, 0.2) is 12.1 Å². The van der Waals surface area contributed by atoms with Crippen LogP contribution in [-0.2, 0) is 19.1 Å². The average Bonchev–Trinajstić information content (AvgIpc) is 2.64. The summed E-state index contributed by atoms with van der Waals surface area (Å²) in [6.45, 7) is 5.72. The maximum atomic E-state index is 12.6. The van der Waals surface area contributed by atoms with Gasteiger partial charge in [0.1, 0.15) is 0 Å². The minimum Gasteiger partial charge on any atom is -0.493 e. The summed E-state index contributed by atoms with van der Waals surface area (Å²) < 4.78 is 21.3. The van der Waals surface area contributed by atoms with E-state index in [0.717, 1.165) is 0 Å². The number of benzene rings is 1. The third-order valence-electron chi connectivity index (χ3n) is 4.19. The number of carbonyl (C=O) groups excluding carboxylic acids is 3. The Morgan fingerprint density at radius 3 is 2.45 bits per heavy atom. The van der Waals surface area contributed by atoms with E-state index in [-0.39, 0.29) is 40.2 Å². The Balaban J connectivity index is 2.10. The van der Waals surface area contributed by atoms with Gasteiger partial charge in [-0.1, -0.05) is 11.6 Å². The zero-order valence-corrected chi connectivity index (χ0v) is 17.5. The summed E-state index contributed by atoms with van der Waals surface area (Å²) >= 11 is 6.14. The van der Waals surface area contributed by atoms with Gasteiger partial charge in [-0.15, -0.1) is 0 Å². The smallest absolute Gasteiger partial charge is 0.339 e. The molecule has 0 aromatic heterocycles. The summed E-state index contributed by atoms with van der Waals surface area (Å²) in [5.74, 6) is -1.54. The number of hydrogen-bond donors (Lipinski definition) is 1. The molecule has 1 aromatic carbocycles. The topological polar surface area (TPSA) is 117 Å². The fourth-order valence-electron chi connectivity index (χ4n) is 3.02. The largest absolute Gasteiger partial charge is 0.493 e. The average molecular weight is 429 g/mol. The minimum atomic E-state index is -0.990. The van der Waals surface area contributed by atoms with Gasteiger partial charge in [0.2, 0.25) is 0 Å². The summed E-state index contributed by atoms with van der Waals surface area (Å²) in [4.78, 5) is 37.7. The molecule has 2 rings (SSSR count). The van der Waals surface area contributed by atoms with E-state index < -0.39 is 24.6 Å². The Bertz CT molecular complexity index is 776. The van der Waals surface area contributed by atoms with Gasteiger partial charge in [0.05, 0.1) is 29.9 Å². The van der Waals surface area contributed by atoms with Crippen LogP contribution in [0.5, 0.6) is 11.5 Å². The van der Waals surface area contributed by atoms with Crippen LogP contribution in [0.2, 0.25) is 5.02 Å². The summed E-state index contributed by atoms with van der Waals surface area (Å²) in [5, 5.41) is 0.0346. The number of ether oxygens (including phenoxy) is 4. The van der Waals surface area contributed by atoms with Gasteiger partial charge in [-0.05, 0) is 32.9 Å². The van der Waals surface area contributed by atoms with E-state index in [2.05, 4.69) is 0 Å². The standard InChI is InChI=1S/C19H25ClN2O7/c1-10-7-22(8-11(2)28-10)18(24)12(3)29-19(25)13-5-14(20)17(15(6-13)26-4)27-9-16(21)23/h5-6,10-12H,7-9H2,1-4H3,(H2,21,23). The molecule has 3 unspecified atom stereocenters. The molecular formula is C19H25ClN2O7. The fourth-order valence-corrected chi connectivity index (χ4v) is 3.28. The minimum absolute atomic E-state index is 0.0346.